The van der Waals surface area contributed by atoms with Crippen LogP contribution in [0.25, 0.3) is 0 Å². The number of terminal acetylenes is 1. The van der Waals surface area contributed by atoms with Crippen LogP contribution in [0.5, 0.6) is 0 Å². The number of hydrogen-bond donors (Lipinski definition) is 1. The van der Waals surface area contributed by atoms with Gasteiger partial charge in [0, 0.05) is 6.42 Å². The minimum absolute atomic E-state index is 0.457. The summed E-state index contributed by atoms with van der Waals surface area (Å²) >= 11 is 0. The monoisotopic (exact) mass is 166 g/mol. The van der Waals surface area contributed by atoms with E-state index in [9.17, 15) is 5.11 Å². The molecule has 0 aromatic rings. The molecule has 12 heavy (non-hydrogen) atoms. The summed E-state index contributed by atoms with van der Waals surface area (Å²) in [5.74, 6) is 3.04. The van der Waals surface area contributed by atoms with Gasteiger partial charge in [0.1, 0.15) is 0 Å². The molecule has 1 aliphatic carbocycles. The van der Waals surface area contributed by atoms with Gasteiger partial charge in [-0.05, 0) is 25.2 Å². The highest BCUT2D eigenvalue weighted by atomic mass is 16.3. The molecule has 1 rings (SSSR count). The molecule has 0 amide bonds. The quantitative estimate of drug-likeness (QED) is 0.638. The van der Waals surface area contributed by atoms with Crippen LogP contribution in [0, 0.1) is 18.3 Å². The summed E-state index contributed by atoms with van der Waals surface area (Å²) in [6, 6.07) is 0. The first-order valence-corrected chi connectivity index (χ1v) is 4.89. The Kier molecular flexibility index (Phi) is 3.17. The van der Waals surface area contributed by atoms with E-state index in [-0.39, 0.29) is 0 Å². The lowest BCUT2D eigenvalue weighted by atomic mass is 9.81. The Morgan fingerprint density at radius 1 is 1.50 bits per heavy atom. The van der Waals surface area contributed by atoms with Crippen LogP contribution in [-0.2, 0) is 0 Å². The van der Waals surface area contributed by atoms with Crippen molar-refractivity contribution in [1.29, 1.82) is 0 Å². The van der Waals surface area contributed by atoms with Gasteiger partial charge in [-0.1, -0.05) is 19.8 Å². The Morgan fingerprint density at radius 2 is 2.08 bits per heavy atom. The summed E-state index contributed by atoms with van der Waals surface area (Å²) < 4.78 is 0. The summed E-state index contributed by atoms with van der Waals surface area (Å²) in [6.07, 6.45) is 11.4. The molecule has 0 aromatic heterocycles. The van der Waals surface area contributed by atoms with E-state index < -0.39 is 5.60 Å². The van der Waals surface area contributed by atoms with E-state index in [2.05, 4.69) is 5.92 Å². The van der Waals surface area contributed by atoms with Gasteiger partial charge >= 0.3 is 0 Å². The third-order valence-electron chi connectivity index (χ3n) is 3.14. The van der Waals surface area contributed by atoms with Crippen LogP contribution < -0.4 is 0 Å². The first kappa shape index (κ1) is 9.61. The van der Waals surface area contributed by atoms with Crippen LogP contribution in [0.4, 0.5) is 0 Å². The van der Waals surface area contributed by atoms with Crippen LogP contribution in [-0.4, -0.2) is 10.7 Å². The molecule has 0 aliphatic heterocycles. The molecule has 0 bridgehead atoms. The zero-order valence-electron chi connectivity index (χ0n) is 7.84. The number of hydrogen-bond acceptors (Lipinski definition) is 1. The first-order valence-electron chi connectivity index (χ1n) is 4.89. The van der Waals surface area contributed by atoms with E-state index in [0.717, 1.165) is 19.3 Å². The normalized spacial score (nSPS) is 23.4. The molecule has 0 spiro atoms. The first-order chi connectivity index (χ1) is 5.73. The Balaban J connectivity index is 2.58. The van der Waals surface area contributed by atoms with Crippen molar-refractivity contribution in [2.75, 3.05) is 0 Å². The molecule has 1 heteroatoms. The molecule has 0 heterocycles. The van der Waals surface area contributed by atoms with Crippen molar-refractivity contribution < 1.29 is 5.11 Å². The molecule has 68 valence electrons. The van der Waals surface area contributed by atoms with Gasteiger partial charge in [0.15, 0.2) is 0 Å². The molecular weight excluding hydrogens is 148 g/mol. The van der Waals surface area contributed by atoms with Crippen molar-refractivity contribution in [2.45, 2.75) is 51.0 Å². The van der Waals surface area contributed by atoms with E-state index in [0.29, 0.717) is 12.3 Å². The molecule has 1 N–H and O–H groups in total. The summed E-state index contributed by atoms with van der Waals surface area (Å²) in [5, 5.41) is 10.2. The fourth-order valence-electron chi connectivity index (χ4n) is 2.20. The average Bonchev–Trinajstić information content (AvgIpc) is 2.57. The van der Waals surface area contributed by atoms with Gasteiger partial charge in [0.05, 0.1) is 5.60 Å². The van der Waals surface area contributed by atoms with Crippen LogP contribution in [0.15, 0.2) is 0 Å². The van der Waals surface area contributed by atoms with Gasteiger partial charge in [-0.2, -0.15) is 0 Å². The zero-order valence-corrected chi connectivity index (χ0v) is 7.84. The predicted octanol–water partition coefficient (Wildman–Crippen LogP) is 2.34. The molecule has 0 saturated heterocycles. The molecule has 1 nitrogen and oxygen atoms in total. The Hall–Kier alpha value is -0.480. The van der Waals surface area contributed by atoms with Crippen molar-refractivity contribution in [2.24, 2.45) is 5.92 Å². The lowest BCUT2D eigenvalue weighted by Crippen LogP contribution is -2.35. The van der Waals surface area contributed by atoms with Gasteiger partial charge in [-0.3, -0.25) is 0 Å². The van der Waals surface area contributed by atoms with Crippen molar-refractivity contribution in [3.8, 4) is 12.3 Å². The number of aliphatic hydroxyl groups is 1. The smallest absolute Gasteiger partial charge is 0.0781 e. The Bertz CT molecular complexity index is 174. The maximum absolute atomic E-state index is 10.2. The van der Waals surface area contributed by atoms with E-state index >= 15 is 0 Å². The highest BCUT2D eigenvalue weighted by molar-refractivity contribution is 4.99. The van der Waals surface area contributed by atoms with Gasteiger partial charge in [0.25, 0.3) is 0 Å². The second-order valence-electron chi connectivity index (χ2n) is 3.82. The SMILES string of the molecule is C#CCC(O)(CC)C1CCCC1. The Morgan fingerprint density at radius 3 is 2.50 bits per heavy atom. The van der Waals surface area contributed by atoms with Crippen molar-refractivity contribution in [1.82, 2.24) is 0 Å². The lowest BCUT2D eigenvalue weighted by Gasteiger charge is -2.31. The van der Waals surface area contributed by atoms with Gasteiger partial charge in [-0.25, -0.2) is 0 Å². The standard InChI is InChI=1S/C11H18O/c1-3-9-11(12,4-2)10-7-5-6-8-10/h1,10,12H,4-9H2,2H3. The average molecular weight is 166 g/mol. The fraction of sp³-hybridized carbons (Fsp3) is 0.818. The minimum Gasteiger partial charge on any atom is -0.389 e. The largest absolute Gasteiger partial charge is 0.389 e. The summed E-state index contributed by atoms with van der Waals surface area (Å²) in [6.45, 7) is 2.02. The molecule has 1 fully saturated rings. The summed E-state index contributed by atoms with van der Waals surface area (Å²) in [4.78, 5) is 0. The molecule has 0 radical (unpaired) electrons. The molecule has 1 saturated carbocycles. The highest BCUT2D eigenvalue weighted by Crippen LogP contribution is 2.37. The second-order valence-corrected chi connectivity index (χ2v) is 3.82. The van der Waals surface area contributed by atoms with Gasteiger partial charge < -0.3 is 5.11 Å². The van der Waals surface area contributed by atoms with Gasteiger partial charge in [0.2, 0.25) is 0 Å². The lowest BCUT2D eigenvalue weighted by molar-refractivity contribution is -0.0152. The maximum atomic E-state index is 10.2. The van der Waals surface area contributed by atoms with Gasteiger partial charge in [-0.15, -0.1) is 12.3 Å². The topological polar surface area (TPSA) is 20.2 Å². The van der Waals surface area contributed by atoms with Crippen molar-refractivity contribution >= 4 is 0 Å². The van der Waals surface area contributed by atoms with Crippen LogP contribution >= 0.6 is 0 Å². The molecule has 0 aromatic carbocycles. The summed E-state index contributed by atoms with van der Waals surface area (Å²) in [5.41, 5.74) is -0.564. The fourth-order valence-corrected chi connectivity index (χ4v) is 2.20. The molecule has 1 atom stereocenters. The Labute approximate surface area is 75.2 Å². The molecule has 1 aliphatic rings. The zero-order chi connectivity index (χ0) is 9.03. The van der Waals surface area contributed by atoms with E-state index in [1.165, 1.54) is 12.8 Å². The molecular formula is C11H18O. The third kappa shape index (κ3) is 1.81. The third-order valence-corrected chi connectivity index (χ3v) is 3.14. The predicted molar refractivity (Wildman–Crippen MR) is 50.6 cm³/mol. The second kappa shape index (κ2) is 3.96. The maximum Gasteiger partial charge on any atom is 0.0781 e. The van der Waals surface area contributed by atoms with E-state index in [1.807, 2.05) is 6.92 Å². The van der Waals surface area contributed by atoms with Crippen molar-refractivity contribution in [3.05, 3.63) is 0 Å². The minimum atomic E-state index is -0.564. The van der Waals surface area contributed by atoms with Crippen molar-refractivity contribution in [3.63, 3.8) is 0 Å². The highest BCUT2D eigenvalue weighted by Gasteiger charge is 2.35. The van der Waals surface area contributed by atoms with Crippen LogP contribution in [0.2, 0.25) is 0 Å². The summed E-state index contributed by atoms with van der Waals surface area (Å²) in [7, 11) is 0. The molecule has 1 unspecified atom stereocenters. The van der Waals surface area contributed by atoms with Crippen LogP contribution in [0.3, 0.4) is 0 Å². The van der Waals surface area contributed by atoms with Crippen LogP contribution in [0.1, 0.15) is 45.4 Å². The van der Waals surface area contributed by atoms with E-state index in [4.69, 9.17) is 6.42 Å². The number of rotatable bonds is 3. The van der Waals surface area contributed by atoms with E-state index in [1.54, 1.807) is 0 Å².